The summed E-state index contributed by atoms with van der Waals surface area (Å²) >= 11 is 5.81. The number of carbonyl (C=O) groups is 1. The maximum atomic E-state index is 14.7. The van der Waals surface area contributed by atoms with Gasteiger partial charge in [0, 0.05) is 48.7 Å². The molecule has 5 heterocycles. The van der Waals surface area contributed by atoms with Crippen molar-refractivity contribution in [1.82, 2.24) is 29.6 Å². The van der Waals surface area contributed by atoms with Gasteiger partial charge in [0.1, 0.15) is 11.5 Å². The largest absolute Gasteiger partial charge is 0.353 e. The van der Waals surface area contributed by atoms with E-state index in [0.717, 1.165) is 49.0 Å². The number of carbonyl (C=O) groups excluding carboxylic acids is 1. The minimum absolute atomic E-state index is 0.188. The van der Waals surface area contributed by atoms with Crippen molar-refractivity contribution < 1.29 is 18.0 Å². The van der Waals surface area contributed by atoms with Crippen LogP contribution in [0.3, 0.4) is 0 Å². The Morgan fingerprint density at radius 1 is 1.10 bits per heavy atom. The van der Waals surface area contributed by atoms with Crippen LogP contribution in [-0.4, -0.2) is 67.8 Å². The van der Waals surface area contributed by atoms with E-state index >= 15 is 0 Å². The standard InChI is InChI=1S/C28H26ClF3N8O/c1-38-18-3-4-19(38)15-39(14-18)24-7-2-16(8-34-24)12-40-13-17(9-35-40)36-28(41)23-11-33-10-22(37-23)25-20(27(31)32)5-6-21(29)26(25)30/h2,5-11,13,18-19,27H,3-4,12,14-15H2,1H3,(H,36,41). The first kappa shape index (κ1) is 27.2. The number of likely N-dealkylation sites (N-methyl/N-ethyl adjacent to an activating group) is 1. The SMILES string of the molecule is CN1C2CCC1CN(c1ccc(Cn3cc(NC(=O)c4cncc(-c5c(C(F)F)ccc(Cl)c5F)n4)cn3)cn1)C2. The Labute approximate surface area is 239 Å². The number of benzene rings is 1. The van der Waals surface area contributed by atoms with Crippen molar-refractivity contribution in [2.75, 3.05) is 30.4 Å². The number of piperazine rings is 1. The molecule has 2 atom stereocenters. The highest BCUT2D eigenvalue weighted by Crippen LogP contribution is 2.35. The van der Waals surface area contributed by atoms with E-state index < -0.39 is 29.3 Å². The van der Waals surface area contributed by atoms with Crippen LogP contribution >= 0.6 is 11.6 Å². The van der Waals surface area contributed by atoms with Gasteiger partial charge in [-0.1, -0.05) is 23.7 Å². The molecule has 2 aliphatic heterocycles. The molecule has 0 saturated carbocycles. The lowest BCUT2D eigenvalue weighted by Gasteiger charge is -2.39. The molecule has 9 nitrogen and oxygen atoms in total. The van der Waals surface area contributed by atoms with E-state index in [2.05, 4.69) is 42.2 Å². The fourth-order valence-electron chi connectivity index (χ4n) is 5.50. The van der Waals surface area contributed by atoms with E-state index in [1.807, 2.05) is 18.3 Å². The Balaban J connectivity index is 1.12. The van der Waals surface area contributed by atoms with Gasteiger partial charge >= 0.3 is 0 Å². The zero-order valence-corrected chi connectivity index (χ0v) is 22.8. The van der Waals surface area contributed by atoms with Crippen LogP contribution < -0.4 is 10.2 Å². The number of amides is 1. The lowest BCUT2D eigenvalue weighted by atomic mass is 10.0. The van der Waals surface area contributed by atoms with Gasteiger partial charge in [-0.2, -0.15) is 5.10 Å². The third kappa shape index (κ3) is 5.49. The van der Waals surface area contributed by atoms with Crippen molar-refractivity contribution in [3.05, 3.63) is 82.9 Å². The number of fused-ring (bicyclic) bond motifs is 2. The maximum absolute atomic E-state index is 14.7. The number of pyridine rings is 1. The number of rotatable bonds is 7. The molecule has 13 heteroatoms. The van der Waals surface area contributed by atoms with Gasteiger partial charge in [0.05, 0.1) is 41.5 Å². The number of hydrogen-bond donors (Lipinski definition) is 1. The minimum Gasteiger partial charge on any atom is -0.353 e. The third-order valence-corrected chi connectivity index (χ3v) is 7.99. The molecule has 2 aliphatic rings. The van der Waals surface area contributed by atoms with Crippen molar-refractivity contribution in [1.29, 1.82) is 0 Å². The lowest BCUT2D eigenvalue weighted by molar-refractivity contribution is 0.102. The highest BCUT2D eigenvalue weighted by molar-refractivity contribution is 6.31. The van der Waals surface area contributed by atoms with E-state index in [1.165, 1.54) is 19.0 Å². The van der Waals surface area contributed by atoms with E-state index in [9.17, 15) is 18.0 Å². The quantitative estimate of drug-likeness (QED) is 0.326. The predicted octanol–water partition coefficient (Wildman–Crippen LogP) is 5.05. The third-order valence-electron chi connectivity index (χ3n) is 7.70. The summed E-state index contributed by atoms with van der Waals surface area (Å²) in [4.78, 5) is 30.3. The Morgan fingerprint density at radius 3 is 2.59 bits per heavy atom. The molecule has 2 unspecified atom stereocenters. The molecule has 1 amide bonds. The topological polar surface area (TPSA) is 92.1 Å². The van der Waals surface area contributed by atoms with Crippen LogP contribution in [0.5, 0.6) is 0 Å². The summed E-state index contributed by atoms with van der Waals surface area (Å²) in [6.45, 7) is 2.41. The van der Waals surface area contributed by atoms with E-state index in [4.69, 9.17) is 11.6 Å². The minimum atomic E-state index is -2.98. The molecule has 4 aromatic rings. The molecule has 1 aromatic carbocycles. The molecule has 1 N–H and O–H groups in total. The van der Waals surface area contributed by atoms with Crippen molar-refractivity contribution >= 4 is 29.0 Å². The molecule has 2 fully saturated rings. The first-order chi connectivity index (χ1) is 19.8. The van der Waals surface area contributed by atoms with Crippen molar-refractivity contribution in [3.63, 3.8) is 0 Å². The summed E-state index contributed by atoms with van der Waals surface area (Å²) in [5, 5.41) is 6.61. The van der Waals surface area contributed by atoms with Gasteiger partial charge in [-0.3, -0.25) is 19.4 Å². The summed E-state index contributed by atoms with van der Waals surface area (Å²) in [5.41, 5.74) is -0.179. The molecule has 0 spiro atoms. The first-order valence-corrected chi connectivity index (χ1v) is 13.5. The fourth-order valence-corrected chi connectivity index (χ4v) is 5.66. The summed E-state index contributed by atoms with van der Waals surface area (Å²) < 4.78 is 43.4. The second-order valence-corrected chi connectivity index (χ2v) is 10.7. The molecule has 212 valence electrons. The van der Waals surface area contributed by atoms with E-state index in [0.29, 0.717) is 24.3 Å². The first-order valence-electron chi connectivity index (χ1n) is 13.1. The van der Waals surface area contributed by atoms with Crippen LogP contribution in [-0.2, 0) is 6.54 Å². The number of aromatic nitrogens is 5. The van der Waals surface area contributed by atoms with Gasteiger partial charge in [0.15, 0.2) is 5.82 Å². The summed E-state index contributed by atoms with van der Waals surface area (Å²) in [7, 11) is 2.20. The van der Waals surface area contributed by atoms with E-state index in [1.54, 1.807) is 10.9 Å². The Hall–Kier alpha value is -4.03. The van der Waals surface area contributed by atoms with Gasteiger partial charge in [0.25, 0.3) is 12.3 Å². The number of hydrogen-bond acceptors (Lipinski definition) is 7. The fraction of sp³-hybridized carbons (Fsp3) is 0.321. The predicted molar refractivity (Wildman–Crippen MR) is 148 cm³/mol. The number of alkyl halides is 2. The van der Waals surface area contributed by atoms with Crippen LogP contribution in [0.25, 0.3) is 11.3 Å². The molecule has 6 rings (SSSR count). The molecular weight excluding hydrogens is 557 g/mol. The molecule has 0 aliphatic carbocycles. The Morgan fingerprint density at radius 2 is 1.88 bits per heavy atom. The van der Waals surface area contributed by atoms with E-state index in [-0.39, 0.29) is 16.4 Å². The molecule has 0 radical (unpaired) electrons. The Kier molecular flexibility index (Phi) is 7.35. The molecule has 2 saturated heterocycles. The summed E-state index contributed by atoms with van der Waals surface area (Å²) in [6, 6.07) is 7.27. The van der Waals surface area contributed by atoms with Gasteiger partial charge in [0.2, 0.25) is 0 Å². The second-order valence-electron chi connectivity index (χ2n) is 10.3. The van der Waals surface area contributed by atoms with Gasteiger partial charge in [-0.05, 0) is 37.6 Å². The molecular formula is C28H26ClF3N8O. The average Bonchev–Trinajstić information content (AvgIpc) is 3.47. The van der Waals surface area contributed by atoms with Crippen LogP contribution in [0.1, 0.15) is 40.9 Å². The second kappa shape index (κ2) is 11.1. The van der Waals surface area contributed by atoms with Gasteiger partial charge in [-0.15, -0.1) is 0 Å². The van der Waals surface area contributed by atoms with Gasteiger partial charge in [-0.25, -0.2) is 23.1 Å². The maximum Gasteiger partial charge on any atom is 0.275 e. The van der Waals surface area contributed by atoms with Crippen molar-refractivity contribution in [2.45, 2.75) is 37.9 Å². The highest BCUT2D eigenvalue weighted by atomic mass is 35.5. The lowest BCUT2D eigenvalue weighted by Crippen LogP contribution is -2.52. The zero-order valence-electron chi connectivity index (χ0n) is 22.0. The monoisotopic (exact) mass is 582 g/mol. The molecule has 2 bridgehead atoms. The number of nitrogens with zero attached hydrogens (tertiary/aromatic N) is 7. The van der Waals surface area contributed by atoms with Crippen molar-refractivity contribution in [2.24, 2.45) is 0 Å². The summed E-state index contributed by atoms with van der Waals surface area (Å²) in [5.74, 6) is -0.753. The van der Waals surface area contributed by atoms with Gasteiger partial charge < -0.3 is 10.2 Å². The smallest absolute Gasteiger partial charge is 0.275 e. The van der Waals surface area contributed by atoms with Crippen molar-refractivity contribution in [3.8, 4) is 11.3 Å². The molecule has 3 aromatic heterocycles. The zero-order chi connectivity index (χ0) is 28.7. The normalized spacial score (nSPS) is 18.7. The average molecular weight is 583 g/mol. The van der Waals surface area contributed by atoms with Crippen LogP contribution in [0.2, 0.25) is 5.02 Å². The summed E-state index contributed by atoms with van der Waals surface area (Å²) in [6.07, 6.45) is 6.69. The van der Waals surface area contributed by atoms with Crippen LogP contribution in [0.4, 0.5) is 24.7 Å². The highest BCUT2D eigenvalue weighted by Gasteiger charge is 2.37. The van der Waals surface area contributed by atoms with Crippen LogP contribution in [0, 0.1) is 5.82 Å². The molecule has 41 heavy (non-hydrogen) atoms. The Bertz CT molecular complexity index is 1570. The number of nitrogens with one attached hydrogen (secondary N) is 1. The number of halogens is 4. The van der Waals surface area contributed by atoms with Crippen LogP contribution in [0.15, 0.2) is 55.2 Å². The number of anilines is 2.